The minimum absolute atomic E-state index is 0.229. The number of hydrogen-bond donors (Lipinski definition) is 1. The van der Waals surface area contributed by atoms with Gasteiger partial charge in [0.25, 0.3) is 5.91 Å². The van der Waals surface area contributed by atoms with Crippen LogP contribution in [-0.4, -0.2) is 21.4 Å². The number of fused-ring (bicyclic) bond motifs is 1. The van der Waals surface area contributed by atoms with Gasteiger partial charge in [-0.25, -0.2) is 5.43 Å². The molecule has 1 heterocycles. The van der Waals surface area contributed by atoms with Gasteiger partial charge < -0.3 is 0 Å². The Balaban J connectivity index is 1.43. The SMILES string of the molecule is CC(=NNC(=O)c1ccc(Cn2nc(C)cc2C)cc1)c1ccc2ccccc2c1. The van der Waals surface area contributed by atoms with Crippen LogP contribution in [0.1, 0.15) is 39.8 Å². The van der Waals surface area contributed by atoms with E-state index in [0.717, 1.165) is 33.6 Å². The zero-order chi connectivity index (χ0) is 21.1. The van der Waals surface area contributed by atoms with Crippen molar-refractivity contribution in [3.05, 3.63) is 101 Å². The normalized spacial score (nSPS) is 11.6. The van der Waals surface area contributed by atoms with Gasteiger partial charge in [0, 0.05) is 11.3 Å². The largest absolute Gasteiger partial charge is 0.271 e. The summed E-state index contributed by atoms with van der Waals surface area (Å²) in [5, 5.41) is 11.1. The third-order valence-corrected chi connectivity index (χ3v) is 5.14. The average molecular weight is 396 g/mol. The molecule has 1 aromatic heterocycles. The number of rotatable bonds is 5. The number of aromatic nitrogens is 2. The maximum Gasteiger partial charge on any atom is 0.271 e. The van der Waals surface area contributed by atoms with Crippen molar-refractivity contribution in [2.45, 2.75) is 27.3 Å². The van der Waals surface area contributed by atoms with E-state index < -0.39 is 0 Å². The van der Waals surface area contributed by atoms with Gasteiger partial charge in [-0.2, -0.15) is 10.2 Å². The van der Waals surface area contributed by atoms with Crippen LogP contribution in [0.25, 0.3) is 10.8 Å². The summed E-state index contributed by atoms with van der Waals surface area (Å²) in [6, 6.07) is 23.9. The van der Waals surface area contributed by atoms with Crippen molar-refractivity contribution in [1.82, 2.24) is 15.2 Å². The zero-order valence-corrected chi connectivity index (χ0v) is 17.4. The molecule has 0 bridgehead atoms. The Morgan fingerprint density at radius 3 is 2.33 bits per heavy atom. The van der Waals surface area contributed by atoms with Gasteiger partial charge in [-0.05, 0) is 66.9 Å². The molecule has 5 heteroatoms. The molecule has 0 aliphatic carbocycles. The van der Waals surface area contributed by atoms with Crippen LogP contribution in [0.3, 0.4) is 0 Å². The first-order valence-corrected chi connectivity index (χ1v) is 9.93. The molecule has 1 N–H and O–H groups in total. The molecule has 30 heavy (non-hydrogen) atoms. The number of hydrogen-bond acceptors (Lipinski definition) is 3. The number of hydrazone groups is 1. The standard InChI is InChI=1S/C25H24N4O/c1-17-14-18(2)29(28-17)16-20-8-10-22(11-9-20)25(30)27-26-19(3)23-13-12-21-6-4-5-7-24(21)15-23/h4-15H,16H2,1-3H3,(H,27,30). The number of aryl methyl sites for hydroxylation is 2. The summed E-state index contributed by atoms with van der Waals surface area (Å²) in [5.74, 6) is -0.229. The third-order valence-electron chi connectivity index (χ3n) is 5.14. The molecule has 0 saturated heterocycles. The highest BCUT2D eigenvalue weighted by Gasteiger charge is 2.07. The molecule has 4 aromatic rings. The summed E-state index contributed by atoms with van der Waals surface area (Å²) in [4.78, 5) is 12.5. The Kier molecular flexibility index (Phi) is 5.44. The van der Waals surface area contributed by atoms with Crippen molar-refractivity contribution in [1.29, 1.82) is 0 Å². The fraction of sp³-hybridized carbons (Fsp3) is 0.160. The molecule has 0 saturated carbocycles. The van der Waals surface area contributed by atoms with Crippen molar-refractivity contribution < 1.29 is 4.79 Å². The van der Waals surface area contributed by atoms with Gasteiger partial charge >= 0.3 is 0 Å². The topological polar surface area (TPSA) is 59.3 Å². The second-order valence-electron chi connectivity index (χ2n) is 7.48. The number of nitrogens with zero attached hydrogens (tertiary/aromatic N) is 3. The molecule has 0 unspecified atom stereocenters. The van der Waals surface area contributed by atoms with Gasteiger partial charge in [-0.15, -0.1) is 0 Å². The zero-order valence-electron chi connectivity index (χ0n) is 17.4. The molecule has 0 aliphatic rings. The molecule has 150 valence electrons. The smallest absolute Gasteiger partial charge is 0.267 e. The van der Waals surface area contributed by atoms with Gasteiger partial charge in [0.15, 0.2) is 0 Å². The number of carbonyl (C=O) groups is 1. The summed E-state index contributed by atoms with van der Waals surface area (Å²) >= 11 is 0. The van der Waals surface area contributed by atoms with E-state index >= 15 is 0 Å². The van der Waals surface area contributed by atoms with Crippen molar-refractivity contribution in [2.75, 3.05) is 0 Å². The number of amides is 1. The highest BCUT2D eigenvalue weighted by atomic mass is 16.2. The molecule has 0 atom stereocenters. The van der Waals surface area contributed by atoms with E-state index in [-0.39, 0.29) is 5.91 Å². The van der Waals surface area contributed by atoms with Crippen molar-refractivity contribution >= 4 is 22.4 Å². The van der Waals surface area contributed by atoms with Crippen LogP contribution in [-0.2, 0) is 6.54 Å². The fourth-order valence-corrected chi connectivity index (χ4v) is 3.45. The Labute approximate surface area is 176 Å². The van der Waals surface area contributed by atoms with Crippen LogP contribution >= 0.6 is 0 Å². The molecule has 3 aromatic carbocycles. The molecule has 4 rings (SSSR count). The summed E-state index contributed by atoms with van der Waals surface area (Å²) in [5.41, 5.74) is 8.18. The summed E-state index contributed by atoms with van der Waals surface area (Å²) < 4.78 is 1.96. The molecule has 5 nitrogen and oxygen atoms in total. The third kappa shape index (κ3) is 4.30. The van der Waals surface area contributed by atoms with Gasteiger partial charge in [-0.3, -0.25) is 9.48 Å². The van der Waals surface area contributed by atoms with Crippen molar-refractivity contribution in [2.24, 2.45) is 5.10 Å². The monoisotopic (exact) mass is 396 g/mol. The number of nitrogens with one attached hydrogen (secondary N) is 1. The van der Waals surface area contributed by atoms with E-state index in [1.807, 2.05) is 67.9 Å². The van der Waals surface area contributed by atoms with E-state index in [4.69, 9.17) is 0 Å². The minimum atomic E-state index is -0.229. The molecular weight excluding hydrogens is 372 g/mol. The Bertz CT molecular complexity index is 1240. The number of benzene rings is 3. The van der Waals surface area contributed by atoms with Crippen molar-refractivity contribution in [3.63, 3.8) is 0 Å². The lowest BCUT2D eigenvalue weighted by atomic mass is 10.0. The molecule has 0 radical (unpaired) electrons. The fourth-order valence-electron chi connectivity index (χ4n) is 3.45. The first-order valence-electron chi connectivity index (χ1n) is 9.93. The van der Waals surface area contributed by atoms with E-state index in [1.165, 1.54) is 5.39 Å². The lowest BCUT2D eigenvalue weighted by Crippen LogP contribution is -2.19. The molecule has 0 spiro atoms. The summed E-state index contributed by atoms with van der Waals surface area (Å²) in [6.45, 7) is 6.59. The second-order valence-corrected chi connectivity index (χ2v) is 7.48. The van der Waals surface area contributed by atoms with Crippen LogP contribution in [0.15, 0.2) is 77.9 Å². The van der Waals surface area contributed by atoms with Gasteiger partial charge in [-0.1, -0.05) is 48.5 Å². The highest BCUT2D eigenvalue weighted by Crippen LogP contribution is 2.16. The Morgan fingerprint density at radius 1 is 0.933 bits per heavy atom. The van der Waals surface area contributed by atoms with Crippen LogP contribution in [0.4, 0.5) is 0 Å². The van der Waals surface area contributed by atoms with E-state index in [1.54, 1.807) is 0 Å². The van der Waals surface area contributed by atoms with E-state index in [9.17, 15) is 4.79 Å². The predicted molar refractivity (Wildman–Crippen MR) is 121 cm³/mol. The van der Waals surface area contributed by atoms with Gasteiger partial charge in [0.2, 0.25) is 0 Å². The maximum absolute atomic E-state index is 12.5. The quantitative estimate of drug-likeness (QED) is 0.387. The van der Waals surface area contributed by atoms with Gasteiger partial charge in [0.05, 0.1) is 18.0 Å². The van der Waals surface area contributed by atoms with E-state index in [0.29, 0.717) is 12.1 Å². The minimum Gasteiger partial charge on any atom is -0.267 e. The first-order chi connectivity index (χ1) is 14.5. The van der Waals surface area contributed by atoms with Gasteiger partial charge in [0.1, 0.15) is 0 Å². The van der Waals surface area contributed by atoms with E-state index in [2.05, 4.69) is 46.0 Å². The summed E-state index contributed by atoms with van der Waals surface area (Å²) in [6.07, 6.45) is 0. The second kappa shape index (κ2) is 8.33. The Hall–Kier alpha value is -3.73. The molecule has 0 aliphatic heterocycles. The average Bonchev–Trinajstić information content (AvgIpc) is 3.08. The number of carbonyl (C=O) groups excluding carboxylic acids is 1. The van der Waals surface area contributed by atoms with Crippen molar-refractivity contribution in [3.8, 4) is 0 Å². The highest BCUT2D eigenvalue weighted by molar-refractivity contribution is 6.03. The lowest BCUT2D eigenvalue weighted by molar-refractivity contribution is 0.0955. The maximum atomic E-state index is 12.5. The molecule has 0 fully saturated rings. The van der Waals surface area contributed by atoms with Crippen LogP contribution in [0.2, 0.25) is 0 Å². The molecule has 1 amide bonds. The lowest BCUT2D eigenvalue weighted by Gasteiger charge is -2.07. The molecular formula is C25H24N4O. The summed E-state index contributed by atoms with van der Waals surface area (Å²) in [7, 11) is 0. The Morgan fingerprint density at radius 2 is 1.63 bits per heavy atom. The van der Waals surface area contributed by atoms with Crippen LogP contribution in [0.5, 0.6) is 0 Å². The van der Waals surface area contributed by atoms with Crippen LogP contribution in [0, 0.1) is 13.8 Å². The first kappa shape index (κ1) is 19.6. The predicted octanol–water partition coefficient (Wildman–Crippen LogP) is 4.86. The van der Waals surface area contributed by atoms with Crippen LogP contribution < -0.4 is 5.43 Å².